The predicted octanol–water partition coefficient (Wildman–Crippen LogP) is 9.28. The summed E-state index contributed by atoms with van der Waals surface area (Å²) in [4.78, 5) is 5.45. The molecule has 2 unspecified atom stereocenters. The molecule has 0 saturated carbocycles. The molecule has 9 nitrogen and oxygen atoms in total. The van der Waals surface area contributed by atoms with Crippen molar-refractivity contribution < 1.29 is 40.9 Å². The molecule has 264 valence electrons. The first-order valence-electron chi connectivity index (χ1n) is 13.6. The maximum atomic E-state index is 13.6. The van der Waals surface area contributed by atoms with Crippen molar-refractivity contribution in [3.05, 3.63) is 66.9 Å². The monoisotopic (exact) mass is 808 g/mol. The fraction of sp³-hybridized carbons (Fsp3) is 0.321. The van der Waals surface area contributed by atoms with E-state index in [9.17, 15) is 31.4 Å². The fourth-order valence-electron chi connectivity index (χ4n) is 4.80. The maximum absolute atomic E-state index is 13.6. The van der Waals surface area contributed by atoms with Crippen LogP contribution in [0.2, 0.25) is 20.1 Å². The number of aromatic nitrogens is 4. The molecule has 1 aliphatic heterocycles. The van der Waals surface area contributed by atoms with Gasteiger partial charge in [0.25, 0.3) is 0 Å². The van der Waals surface area contributed by atoms with Gasteiger partial charge in [-0.25, -0.2) is 14.4 Å². The number of aliphatic hydroxyl groups excluding tert-OH is 1. The van der Waals surface area contributed by atoms with E-state index in [1.807, 2.05) is 0 Å². The molecule has 5 rings (SSSR count). The van der Waals surface area contributed by atoms with Crippen molar-refractivity contribution in [2.75, 3.05) is 31.5 Å². The van der Waals surface area contributed by atoms with Gasteiger partial charge < -0.3 is 20.3 Å². The number of aliphatic hydroxyl groups is 1. The average molecular weight is 810 g/mol. The molecule has 0 aliphatic carbocycles. The normalized spacial score (nSPS) is 17.4. The van der Waals surface area contributed by atoms with Crippen molar-refractivity contribution in [2.24, 2.45) is 4.99 Å². The third kappa shape index (κ3) is 7.37. The number of hydrogen-bond donors (Lipinski definition) is 2. The van der Waals surface area contributed by atoms with Gasteiger partial charge in [0.1, 0.15) is 34.7 Å². The lowest BCUT2D eigenvalue weighted by Gasteiger charge is -2.14. The van der Waals surface area contributed by atoms with Crippen molar-refractivity contribution in [1.29, 1.82) is 0 Å². The highest BCUT2D eigenvalue weighted by Gasteiger charge is 2.37. The summed E-state index contributed by atoms with van der Waals surface area (Å²) >= 11 is 27.6. The van der Waals surface area contributed by atoms with Gasteiger partial charge in [0.05, 0.1) is 59.9 Å². The van der Waals surface area contributed by atoms with Crippen LogP contribution in [-0.2, 0) is 21.8 Å². The van der Waals surface area contributed by atoms with E-state index in [1.165, 1.54) is 0 Å². The van der Waals surface area contributed by atoms with Crippen LogP contribution < -0.4 is 5.73 Å². The number of halogens is 10. The topological polar surface area (TPSA) is 113 Å². The number of rotatable bonds is 8. The smallest absolute Gasteiger partial charge is 0.394 e. The minimum absolute atomic E-state index is 0.0171. The van der Waals surface area contributed by atoms with E-state index in [2.05, 4.69) is 10.2 Å². The molecule has 4 aromatic rings. The van der Waals surface area contributed by atoms with Crippen LogP contribution in [0.15, 0.2) is 39.0 Å². The second-order valence-electron chi connectivity index (χ2n) is 10.2. The molecule has 21 heteroatoms. The Morgan fingerprint density at radius 2 is 1.39 bits per heavy atom. The van der Waals surface area contributed by atoms with E-state index in [0.29, 0.717) is 34.1 Å². The summed E-state index contributed by atoms with van der Waals surface area (Å²) in [5.41, 5.74) is 4.49. The Bertz CT molecular complexity index is 1910. The van der Waals surface area contributed by atoms with Crippen LogP contribution in [0.3, 0.4) is 0 Å². The number of aliphatic imine (C=N–C) groups is 1. The number of nitrogens with zero attached hydrogens (tertiary/aromatic N) is 5. The standard InChI is InChI=1S/C28H22Cl4F6N6O3S2/c1-10(18-22(48-2)24(39)43(41-18)20-14(29)4-11(5-15(20)30)27(33,34)35)40-25-23(49-3)19(26-46-9-13(8-45)47-26)42-44(25)21-16(31)6-12(7-17(21)32)28(36,37)38/h4-7,13,26,45H,8-9,39H2,1-3H3. The van der Waals surface area contributed by atoms with Crippen molar-refractivity contribution in [2.45, 2.75) is 41.5 Å². The van der Waals surface area contributed by atoms with Crippen LogP contribution in [0, 0.1) is 0 Å². The zero-order valence-corrected chi connectivity index (χ0v) is 29.7. The van der Waals surface area contributed by atoms with Gasteiger partial charge in [-0.2, -0.15) is 36.5 Å². The molecule has 0 spiro atoms. The Hall–Kier alpha value is -2.35. The largest absolute Gasteiger partial charge is 0.416 e. The molecular weight excluding hydrogens is 788 g/mol. The zero-order chi connectivity index (χ0) is 36.2. The molecule has 2 aromatic carbocycles. The minimum atomic E-state index is -4.75. The van der Waals surface area contributed by atoms with Gasteiger partial charge in [-0.1, -0.05) is 46.4 Å². The second-order valence-corrected chi connectivity index (χ2v) is 13.5. The molecule has 1 fully saturated rings. The van der Waals surface area contributed by atoms with E-state index >= 15 is 0 Å². The molecule has 49 heavy (non-hydrogen) atoms. The highest BCUT2D eigenvalue weighted by molar-refractivity contribution is 7.99. The van der Waals surface area contributed by atoms with Gasteiger partial charge in [0, 0.05) is 0 Å². The van der Waals surface area contributed by atoms with Crippen molar-refractivity contribution in [3.63, 3.8) is 0 Å². The summed E-state index contributed by atoms with van der Waals surface area (Å²) in [6.45, 7) is 1.23. The Morgan fingerprint density at radius 1 is 0.898 bits per heavy atom. The number of hydrogen-bond acceptors (Lipinski definition) is 9. The van der Waals surface area contributed by atoms with Crippen molar-refractivity contribution >= 4 is 87.3 Å². The quantitative estimate of drug-likeness (QED) is 0.103. The van der Waals surface area contributed by atoms with Crippen LogP contribution in [0.5, 0.6) is 0 Å². The molecule has 0 amide bonds. The number of thioether (sulfide) groups is 2. The van der Waals surface area contributed by atoms with E-state index in [4.69, 9.17) is 66.6 Å². The fourth-order valence-corrected chi connectivity index (χ4v) is 7.44. The highest BCUT2D eigenvalue weighted by atomic mass is 35.5. The molecule has 1 saturated heterocycles. The molecule has 3 N–H and O–H groups in total. The van der Waals surface area contributed by atoms with Crippen molar-refractivity contribution in [1.82, 2.24) is 19.6 Å². The van der Waals surface area contributed by atoms with Crippen LogP contribution in [-0.4, -0.2) is 62.2 Å². The lowest BCUT2D eigenvalue weighted by molar-refractivity contribution is -0.138. The first-order chi connectivity index (χ1) is 22.9. The van der Waals surface area contributed by atoms with Gasteiger partial charge in [-0.05, 0) is 43.7 Å². The first-order valence-corrected chi connectivity index (χ1v) is 17.5. The third-order valence-corrected chi connectivity index (χ3v) is 9.80. The van der Waals surface area contributed by atoms with E-state index in [1.54, 1.807) is 19.4 Å². The van der Waals surface area contributed by atoms with E-state index < -0.39 is 45.9 Å². The Labute approximate surface area is 302 Å². The third-order valence-electron chi connectivity index (χ3n) is 7.03. The molecule has 2 atom stereocenters. The predicted molar refractivity (Wildman–Crippen MR) is 178 cm³/mol. The lowest BCUT2D eigenvalue weighted by Crippen LogP contribution is -2.14. The van der Waals surface area contributed by atoms with E-state index in [-0.39, 0.29) is 63.4 Å². The summed E-state index contributed by atoms with van der Waals surface area (Å²) in [6, 6.07) is 2.78. The molecule has 0 radical (unpaired) electrons. The zero-order valence-electron chi connectivity index (χ0n) is 25.1. The van der Waals surface area contributed by atoms with Gasteiger partial charge in [0.15, 0.2) is 5.82 Å². The highest BCUT2D eigenvalue weighted by Crippen LogP contribution is 2.45. The number of benzene rings is 2. The lowest BCUT2D eigenvalue weighted by atomic mass is 10.2. The molecule has 2 aromatic heterocycles. The molecule has 1 aliphatic rings. The van der Waals surface area contributed by atoms with Crippen LogP contribution in [0.4, 0.5) is 38.0 Å². The molecular formula is C28H22Cl4F6N6O3S2. The maximum Gasteiger partial charge on any atom is 0.416 e. The summed E-state index contributed by atoms with van der Waals surface area (Å²) in [6.07, 6.45) is -7.88. The molecule has 3 heterocycles. The number of ether oxygens (including phenoxy) is 2. The second kappa shape index (κ2) is 14.3. The summed E-state index contributed by atoms with van der Waals surface area (Å²) in [5.74, 6) is 0.0190. The van der Waals surface area contributed by atoms with Crippen LogP contribution in [0.25, 0.3) is 11.4 Å². The number of nitrogen functional groups attached to an aromatic ring is 1. The Kier molecular flexibility index (Phi) is 11.1. The first kappa shape index (κ1) is 37.9. The summed E-state index contributed by atoms with van der Waals surface area (Å²) in [5, 5.41) is 17.1. The van der Waals surface area contributed by atoms with Gasteiger partial charge in [-0.3, -0.25) is 0 Å². The summed E-state index contributed by atoms with van der Waals surface area (Å²) in [7, 11) is 0. The number of nitrogens with two attached hydrogens (primary N) is 1. The Morgan fingerprint density at radius 3 is 1.82 bits per heavy atom. The van der Waals surface area contributed by atoms with E-state index in [0.717, 1.165) is 32.9 Å². The van der Waals surface area contributed by atoms with Gasteiger partial charge >= 0.3 is 12.4 Å². The minimum Gasteiger partial charge on any atom is -0.394 e. The van der Waals surface area contributed by atoms with Gasteiger partial charge in [0.2, 0.25) is 6.29 Å². The average Bonchev–Trinajstić information content (AvgIpc) is 3.71. The summed E-state index contributed by atoms with van der Waals surface area (Å²) < 4.78 is 94.5. The van der Waals surface area contributed by atoms with Crippen LogP contribution in [0.1, 0.15) is 35.7 Å². The SMILES string of the molecule is CSc1c(C(C)=Nc2c(SC)c(C3OCC(CO)O3)nn2-c2c(Cl)cc(C(F)(F)F)cc2Cl)nn(-c2c(Cl)cc(C(F)(F)F)cc2Cl)c1N. The number of anilines is 1. The van der Waals surface area contributed by atoms with Gasteiger partial charge in [-0.15, -0.1) is 23.5 Å². The molecule has 0 bridgehead atoms. The number of alkyl halides is 6. The van der Waals surface area contributed by atoms with Crippen LogP contribution >= 0.6 is 69.9 Å². The Balaban J connectivity index is 1.72. The van der Waals surface area contributed by atoms with Crippen molar-refractivity contribution in [3.8, 4) is 11.4 Å².